The van der Waals surface area contributed by atoms with Crippen LogP contribution in [-0.2, 0) is 0 Å². The number of piperidine rings is 1. The van der Waals surface area contributed by atoms with Crippen molar-refractivity contribution < 1.29 is 4.39 Å². The molecule has 0 unspecified atom stereocenters. The van der Waals surface area contributed by atoms with E-state index in [1.807, 2.05) is 24.5 Å². The summed E-state index contributed by atoms with van der Waals surface area (Å²) in [6.07, 6.45) is 5.71. The molecule has 5 heteroatoms. The second-order valence-electron chi connectivity index (χ2n) is 7.24. The Labute approximate surface area is 155 Å². The van der Waals surface area contributed by atoms with E-state index in [0.29, 0.717) is 19.4 Å². The number of nitrogens with two attached hydrogens (primary N) is 1. The predicted octanol–water partition coefficient (Wildman–Crippen LogP) is 4.05. The Kier molecular flexibility index (Phi) is 6.33. The fourth-order valence-electron chi connectivity index (χ4n) is 4.05. The van der Waals surface area contributed by atoms with Crippen molar-refractivity contribution in [2.45, 2.75) is 57.8 Å². The van der Waals surface area contributed by atoms with Crippen LogP contribution in [0.25, 0.3) is 0 Å². The van der Waals surface area contributed by atoms with Gasteiger partial charge in [-0.2, -0.15) is 0 Å². The molecule has 1 aliphatic rings. The first-order chi connectivity index (χ1) is 12.6. The molecule has 2 N–H and O–H groups in total. The normalized spacial score (nSPS) is 23.9. The van der Waals surface area contributed by atoms with E-state index < -0.39 is 6.17 Å². The number of nitrogens with zero attached hydrogens (tertiary/aromatic N) is 3. The van der Waals surface area contributed by atoms with E-state index >= 15 is 0 Å². The first-order valence-electron chi connectivity index (χ1n) is 9.54. The number of aryl methyl sites for hydroxylation is 2. The van der Waals surface area contributed by atoms with E-state index in [-0.39, 0.29) is 12.1 Å². The summed E-state index contributed by atoms with van der Waals surface area (Å²) >= 11 is 0. The van der Waals surface area contributed by atoms with Crippen molar-refractivity contribution in [2.75, 3.05) is 13.1 Å². The van der Waals surface area contributed by atoms with Crippen molar-refractivity contribution in [3.8, 4) is 0 Å². The summed E-state index contributed by atoms with van der Waals surface area (Å²) in [7, 11) is 0. The van der Waals surface area contributed by atoms with E-state index in [9.17, 15) is 4.39 Å². The van der Waals surface area contributed by atoms with Gasteiger partial charge in [0.15, 0.2) is 0 Å². The second-order valence-corrected chi connectivity index (χ2v) is 7.24. The topological polar surface area (TPSA) is 55.0 Å². The minimum absolute atomic E-state index is 0.0240. The summed E-state index contributed by atoms with van der Waals surface area (Å²) < 4.78 is 14.8. The molecular formula is C21H29FN4. The SMILES string of the molecule is Cc1cccnc1[C@H]1C[C@H](F)C[C@@H](c2ncccc2C)N1CCCCN. The molecule has 3 heterocycles. The number of aromatic nitrogens is 2. The van der Waals surface area contributed by atoms with Gasteiger partial charge in [0.25, 0.3) is 0 Å². The Morgan fingerprint density at radius 3 is 2.00 bits per heavy atom. The Bertz CT molecular complexity index is 665. The molecule has 0 aliphatic carbocycles. The van der Waals surface area contributed by atoms with Gasteiger partial charge in [-0.15, -0.1) is 0 Å². The van der Waals surface area contributed by atoms with E-state index in [0.717, 1.165) is 41.9 Å². The number of alkyl halides is 1. The number of hydrogen-bond acceptors (Lipinski definition) is 4. The maximum absolute atomic E-state index is 14.8. The van der Waals surface area contributed by atoms with Gasteiger partial charge in [-0.25, -0.2) is 4.39 Å². The van der Waals surface area contributed by atoms with E-state index in [4.69, 9.17) is 5.73 Å². The van der Waals surface area contributed by atoms with Crippen LogP contribution in [0.5, 0.6) is 0 Å². The van der Waals surface area contributed by atoms with E-state index in [1.54, 1.807) is 0 Å². The maximum atomic E-state index is 14.8. The molecule has 3 rings (SSSR count). The quantitative estimate of drug-likeness (QED) is 0.794. The van der Waals surface area contributed by atoms with Crippen LogP contribution in [0.3, 0.4) is 0 Å². The third-order valence-electron chi connectivity index (χ3n) is 5.36. The smallest absolute Gasteiger partial charge is 0.104 e. The summed E-state index contributed by atoms with van der Waals surface area (Å²) in [5.74, 6) is 0. The van der Waals surface area contributed by atoms with E-state index in [2.05, 4.69) is 40.8 Å². The molecule has 1 aliphatic heterocycles. The number of halogens is 1. The summed E-state index contributed by atoms with van der Waals surface area (Å²) in [5, 5.41) is 0. The average molecular weight is 356 g/mol. The van der Waals surface area contributed by atoms with Crippen molar-refractivity contribution in [3.05, 3.63) is 59.2 Å². The number of hydrogen-bond donors (Lipinski definition) is 1. The molecule has 3 atom stereocenters. The van der Waals surface area contributed by atoms with Gasteiger partial charge >= 0.3 is 0 Å². The van der Waals surface area contributed by atoms with Crippen molar-refractivity contribution >= 4 is 0 Å². The third kappa shape index (κ3) is 4.10. The molecule has 2 aromatic rings. The zero-order valence-electron chi connectivity index (χ0n) is 15.7. The fourth-order valence-corrected chi connectivity index (χ4v) is 4.05. The summed E-state index contributed by atoms with van der Waals surface area (Å²) in [5.41, 5.74) is 9.91. The van der Waals surface area contributed by atoms with Gasteiger partial charge in [0.2, 0.25) is 0 Å². The van der Waals surface area contributed by atoms with Crippen molar-refractivity contribution in [1.29, 1.82) is 0 Å². The minimum atomic E-state index is -0.849. The van der Waals surface area contributed by atoms with Crippen LogP contribution in [0.15, 0.2) is 36.7 Å². The molecule has 0 spiro atoms. The molecule has 140 valence electrons. The van der Waals surface area contributed by atoms with Crippen LogP contribution in [0.1, 0.15) is 60.3 Å². The molecule has 0 saturated carbocycles. The highest BCUT2D eigenvalue weighted by molar-refractivity contribution is 5.26. The zero-order chi connectivity index (χ0) is 18.5. The number of rotatable bonds is 6. The standard InChI is InChI=1S/C21H29FN4/c1-15-7-5-10-24-20(15)18-13-17(22)14-19(26(18)12-4-3-9-23)21-16(2)8-6-11-25-21/h5-8,10-11,17-19H,3-4,9,12-14,23H2,1-2H3/t17-,18+,19-. The Morgan fingerprint density at radius 2 is 1.54 bits per heavy atom. The van der Waals surface area contributed by atoms with Crippen LogP contribution in [0.2, 0.25) is 0 Å². The molecule has 1 saturated heterocycles. The van der Waals surface area contributed by atoms with Gasteiger partial charge in [0, 0.05) is 12.4 Å². The van der Waals surface area contributed by atoms with Crippen molar-refractivity contribution in [3.63, 3.8) is 0 Å². The van der Waals surface area contributed by atoms with Crippen LogP contribution in [0.4, 0.5) is 4.39 Å². The lowest BCUT2D eigenvalue weighted by atomic mass is 9.87. The van der Waals surface area contributed by atoms with Gasteiger partial charge < -0.3 is 5.73 Å². The molecule has 0 bridgehead atoms. The van der Waals surface area contributed by atoms with Gasteiger partial charge in [0.1, 0.15) is 6.17 Å². The third-order valence-corrected chi connectivity index (χ3v) is 5.36. The molecule has 1 fully saturated rings. The highest BCUT2D eigenvalue weighted by atomic mass is 19.1. The first kappa shape index (κ1) is 18.9. The molecular weight excluding hydrogens is 327 g/mol. The zero-order valence-corrected chi connectivity index (χ0v) is 15.7. The van der Waals surface area contributed by atoms with Gasteiger partial charge in [-0.05, 0) is 75.9 Å². The second kappa shape index (κ2) is 8.69. The van der Waals surface area contributed by atoms with Gasteiger partial charge in [0.05, 0.1) is 23.5 Å². The van der Waals surface area contributed by atoms with Crippen LogP contribution >= 0.6 is 0 Å². The summed E-state index contributed by atoms with van der Waals surface area (Å²) in [4.78, 5) is 11.6. The van der Waals surface area contributed by atoms with Crippen molar-refractivity contribution in [1.82, 2.24) is 14.9 Å². The lowest BCUT2D eigenvalue weighted by Crippen LogP contribution is -2.42. The number of pyridine rings is 2. The van der Waals surface area contributed by atoms with Gasteiger partial charge in [-0.1, -0.05) is 12.1 Å². The Hall–Kier alpha value is -1.85. The Balaban J connectivity index is 1.98. The maximum Gasteiger partial charge on any atom is 0.104 e. The highest BCUT2D eigenvalue weighted by Crippen LogP contribution is 2.43. The molecule has 0 radical (unpaired) electrons. The minimum Gasteiger partial charge on any atom is -0.330 e. The fraction of sp³-hybridized carbons (Fsp3) is 0.524. The summed E-state index contributed by atoms with van der Waals surface area (Å²) in [6, 6.07) is 7.95. The van der Waals surface area contributed by atoms with Crippen LogP contribution in [-0.4, -0.2) is 34.1 Å². The molecule has 26 heavy (non-hydrogen) atoms. The highest BCUT2D eigenvalue weighted by Gasteiger charge is 2.39. The number of likely N-dealkylation sites (tertiary alicyclic amines) is 1. The molecule has 0 amide bonds. The first-order valence-corrected chi connectivity index (χ1v) is 9.54. The molecule has 0 aromatic carbocycles. The van der Waals surface area contributed by atoms with Crippen molar-refractivity contribution in [2.24, 2.45) is 5.73 Å². The van der Waals surface area contributed by atoms with E-state index in [1.165, 1.54) is 0 Å². The van der Waals surface area contributed by atoms with Crippen LogP contribution in [0, 0.1) is 13.8 Å². The predicted molar refractivity (Wildman–Crippen MR) is 103 cm³/mol. The number of unbranched alkanes of at least 4 members (excludes halogenated alkanes) is 1. The average Bonchev–Trinajstić information content (AvgIpc) is 2.63. The summed E-state index contributed by atoms with van der Waals surface area (Å²) in [6.45, 7) is 5.68. The lowest BCUT2D eigenvalue weighted by molar-refractivity contribution is 0.0291. The largest absolute Gasteiger partial charge is 0.330 e. The monoisotopic (exact) mass is 356 g/mol. The lowest BCUT2D eigenvalue weighted by Gasteiger charge is -2.43. The Morgan fingerprint density at radius 1 is 1.00 bits per heavy atom. The van der Waals surface area contributed by atoms with Gasteiger partial charge in [-0.3, -0.25) is 14.9 Å². The molecule has 2 aromatic heterocycles. The molecule has 4 nitrogen and oxygen atoms in total. The van der Waals surface area contributed by atoms with Crippen LogP contribution < -0.4 is 5.73 Å².